The van der Waals surface area contributed by atoms with E-state index in [0.29, 0.717) is 11.1 Å². The Balaban J connectivity index is 2.42. The monoisotopic (exact) mass is 256 g/mol. The topological polar surface area (TPSA) is 89.3 Å². The van der Waals surface area contributed by atoms with Gasteiger partial charge in [-0.25, -0.2) is 0 Å². The first kappa shape index (κ1) is 13.1. The molecule has 0 radical (unpaired) electrons. The molecule has 0 spiro atoms. The Morgan fingerprint density at radius 3 is 2.21 bits per heavy atom. The Kier molecular flexibility index (Phi) is 3.53. The molecule has 0 saturated heterocycles. The molecule has 98 valence electrons. The van der Waals surface area contributed by atoms with Gasteiger partial charge in [-0.15, -0.1) is 0 Å². The van der Waals surface area contributed by atoms with E-state index >= 15 is 0 Å². The number of carbonyl (C=O) groups excluding carboxylic acids is 1. The molecule has 1 atom stereocenters. The summed E-state index contributed by atoms with van der Waals surface area (Å²) in [4.78, 5) is 11.8. The molecule has 19 heavy (non-hydrogen) atoms. The lowest BCUT2D eigenvalue weighted by Crippen LogP contribution is -2.50. The normalized spacial score (nSPS) is 13.7. The van der Waals surface area contributed by atoms with Crippen LogP contribution in [0.25, 0.3) is 0 Å². The van der Waals surface area contributed by atoms with Gasteiger partial charge >= 0.3 is 0 Å². The van der Waals surface area contributed by atoms with Gasteiger partial charge in [-0.05, 0) is 17.2 Å². The molecule has 0 aliphatic rings. The van der Waals surface area contributed by atoms with Crippen LogP contribution >= 0.6 is 0 Å². The summed E-state index contributed by atoms with van der Waals surface area (Å²) in [5.74, 6) is -0.517. The van der Waals surface area contributed by atoms with Crippen LogP contribution < -0.4 is 11.5 Å². The number of carbonyl (C=O) groups is 1. The number of primary amides is 1. The molecule has 0 aliphatic heterocycles. The highest BCUT2D eigenvalue weighted by molar-refractivity contribution is 5.86. The van der Waals surface area contributed by atoms with Crippen LogP contribution in [-0.2, 0) is 16.8 Å². The first-order valence-corrected chi connectivity index (χ1v) is 5.95. The second-order valence-electron chi connectivity index (χ2n) is 4.51. The molecule has 0 heterocycles. The second-order valence-corrected chi connectivity index (χ2v) is 4.51. The minimum absolute atomic E-state index is 0.106. The van der Waals surface area contributed by atoms with Crippen LogP contribution in [0.4, 0.5) is 0 Å². The van der Waals surface area contributed by atoms with Crippen molar-refractivity contribution < 1.29 is 9.90 Å². The predicted molar refractivity (Wildman–Crippen MR) is 73.3 cm³/mol. The molecule has 2 aromatic rings. The maximum atomic E-state index is 11.8. The number of aromatic hydroxyl groups is 1. The molecule has 4 heteroatoms. The number of hydrogen-bond donors (Lipinski definition) is 3. The van der Waals surface area contributed by atoms with Crippen molar-refractivity contribution in [2.24, 2.45) is 11.5 Å². The van der Waals surface area contributed by atoms with E-state index in [1.165, 1.54) is 0 Å². The van der Waals surface area contributed by atoms with Gasteiger partial charge in [0.2, 0.25) is 5.91 Å². The number of rotatable bonds is 4. The Morgan fingerprint density at radius 1 is 1.05 bits per heavy atom. The number of nitrogens with two attached hydrogens (primary N) is 2. The number of benzene rings is 2. The molecule has 0 saturated carbocycles. The fraction of sp³-hybridized carbons (Fsp3) is 0.133. The molecule has 0 bridgehead atoms. The number of phenols is 1. The Bertz CT molecular complexity index is 584. The van der Waals surface area contributed by atoms with Crippen LogP contribution in [0, 0.1) is 0 Å². The van der Waals surface area contributed by atoms with Gasteiger partial charge < -0.3 is 16.6 Å². The molecule has 0 aromatic heterocycles. The van der Waals surface area contributed by atoms with Crippen LogP contribution in [0.3, 0.4) is 0 Å². The van der Waals surface area contributed by atoms with Gasteiger partial charge in [-0.3, -0.25) is 4.79 Å². The zero-order valence-electron chi connectivity index (χ0n) is 10.4. The molecule has 1 amide bonds. The van der Waals surface area contributed by atoms with Crippen LogP contribution in [0.5, 0.6) is 5.75 Å². The van der Waals surface area contributed by atoms with Gasteiger partial charge in [-0.2, -0.15) is 0 Å². The summed E-state index contributed by atoms with van der Waals surface area (Å²) >= 11 is 0. The minimum atomic E-state index is -1.33. The van der Waals surface area contributed by atoms with E-state index < -0.39 is 11.4 Å². The first-order chi connectivity index (χ1) is 9.04. The lowest BCUT2D eigenvalue weighted by Gasteiger charge is -2.27. The summed E-state index contributed by atoms with van der Waals surface area (Å²) in [5.41, 5.74) is 11.5. The van der Waals surface area contributed by atoms with Crippen molar-refractivity contribution in [2.75, 3.05) is 0 Å². The number of para-hydroxylation sites is 1. The summed E-state index contributed by atoms with van der Waals surface area (Å²) in [6, 6.07) is 15.7. The molecule has 4 nitrogen and oxygen atoms in total. The third kappa shape index (κ3) is 2.58. The van der Waals surface area contributed by atoms with E-state index in [1.54, 1.807) is 48.5 Å². The van der Waals surface area contributed by atoms with Crippen molar-refractivity contribution in [3.05, 3.63) is 65.7 Å². The lowest BCUT2D eigenvalue weighted by molar-refractivity contribution is -0.123. The molecule has 5 N–H and O–H groups in total. The third-order valence-electron chi connectivity index (χ3n) is 3.19. The van der Waals surface area contributed by atoms with Gasteiger partial charge in [0.05, 0.1) is 0 Å². The maximum absolute atomic E-state index is 11.8. The summed E-state index contributed by atoms with van der Waals surface area (Å²) in [6.45, 7) is 0. The molecule has 2 rings (SSSR count). The molecule has 0 aliphatic carbocycles. The maximum Gasteiger partial charge on any atom is 0.242 e. The summed E-state index contributed by atoms with van der Waals surface area (Å²) in [5, 5.41) is 9.79. The molecular weight excluding hydrogens is 240 g/mol. The molecule has 2 aromatic carbocycles. The van der Waals surface area contributed by atoms with Gasteiger partial charge in [0.15, 0.2) is 0 Å². The van der Waals surface area contributed by atoms with E-state index in [1.807, 2.05) is 6.07 Å². The van der Waals surface area contributed by atoms with Crippen molar-refractivity contribution in [2.45, 2.75) is 12.0 Å². The Hall–Kier alpha value is -2.33. The zero-order chi connectivity index (χ0) is 13.9. The van der Waals surface area contributed by atoms with Crippen molar-refractivity contribution in [1.29, 1.82) is 0 Å². The summed E-state index contributed by atoms with van der Waals surface area (Å²) in [7, 11) is 0. The highest BCUT2D eigenvalue weighted by Gasteiger charge is 2.34. The van der Waals surface area contributed by atoms with Gasteiger partial charge in [-0.1, -0.05) is 48.5 Å². The first-order valence-electron chi connectivity index (χ1n) is 5.95. The lowest BCUT2D eigenvalue weighted by atomic mass is 9.84. The third-order valence-corrected chi connectivity index (χ3v) is 3.19. The average Bonchev–Trinajstić information content (AvgIpc) is 2.42. The van der Waals surface area contributed by atoms with E-state index in [-0.39, 0.29) is 12.2 Å². The van der Waals surface area contributed by atoms with Crippen molar-refractivity contribution >= 4 is 5.91 Å². The predicted octanol–water partition coefficient (Wildman–Crippen LogP) is 1.27. The molecule has 1 unspecified atom stereocenters. The largest absolute Gasteiger partial charge is 0.508 e. The Morgan fingerprint density at radius 2 is 1.63 bits per heavy atom. The van der Waals surface area contributed by atoms with Gasteiger partial charge in [0.25, 0.3) is 0 Å². The van der Waals surface area contributed by atoms with Crippen molar-refractivity contribution in [3.63, 3.8) is 0 Å². The minimum Gasteiger partial charge on any atom is -0.508 e. The van der Waals surface area contributed by atoms with Crippen molar-refractivity contribution in [1.82, 2.24) is 0 Å². The van der Waals surface area contributed by atoms with Gasteiger partial charge in [0, 0.05) is 6.42 Å². The quantitative estimate of drug-likeness (QED) is 0.769. The standard InChI is InChI=1S/C15H16N2O2/c16-14(19)15(17,12-7-2-1-3-8-12)10-11-6-4-5-9-13(11)18/h1-9,18H,10,17H2,(H2,16,19). The smallest absolute Gasteiger partial charge is 0.242 e. The summed E-state index contributed by atoms with van der Waals surface area (Å²) < 4.78 is 0. The SMILES string of the molecule is NC(=O)C(N)(Cc1ccccc1O)c1ccccc1. The number of amides is 1. The van der Waals surface area contributed by atoms with Crippen LogP contribution in [-0.4, -0.2) is 11.0 Å². The fourth-order valence-electron chi connectivity index (χ4n) is 2.03. The number of phenolic OH excluding ortho intramolecular Hbond substituents is 1. The zero-order valence-corrected chi connectivity index (χ0v) is 10.4. The number of hydrogen-bond acceptors (Lipinski definition) is 3. The van der Waals surface area contributed by atoms with E-state index in [4.69, 9.17) is 11.5 Å². The second kappa shape index (κ2) is 5.12. The molecule has 0 fully saturated rings. The van der Waals surface area contributed by atoms with E-state index in [2.05, 4.69) is 0 Å². The average molecular weight is 256 g/mol. The fourth-order valence-corrected chi connectivity index (χ4v) is 2.03. The van der Waals surface area contributed by atoms with Crippen LogP contribution in [0.1, 0.15) is 11.1 Å². The summed E-state index contributed by atoms with van der Waals surface area (Å²) in [6.07, 6.45) is 0.152. The van der Waals surface area contributed by atoms with E-state index in [0.717, 1.165) is 0 Å². The van der Waals surface area contributed by atoms with Gasteiger partial charge in [0.1, 0.15) is 11.3 Å². The Labute approximate surface area is 111 Å². The highest BCUT2D eigenvalue weighted by atomic mass is 16.3. The van der Waals surface area contributed by atoms with Crippen LogP contribution in [0.2, 0.25) is 0 Å². The van der Waals surface area contributed by atoms with E-state index in [9.17, 15) is 9.90 Å². The van der Waals surface area contributed by atoms with Crippen LogP contribution in [0.15, 0.2) is 54.6 Å². The molecular formula is C15H16N2O2. The highest BCUT2D eigenvalue weighted by Crippen LogP contribution is 2.27. The van der Waals surface area contributed by atoms with Crippen molar-refractivity contribution in [3.8, 4) is 5.75 Å².